The molecule has 0 spiro atoms. The van der Waals surface area contributed by atoms with Crippen molar-refractivity contribution in [3.05, 3.63) is 42.2 Å². The summed E-state index contributed by atoms with van der Waals surface area (Å²) in [6.07, 6.45) is 1.58. The minimum atomic E-state index is -1.06. The summed E-state index contributed by atoms with van der Waals surface area (Å²) >= 11 is 1.49. The van der Waals surface area contributed by atoms with Gasteiger partial charge in [0.05, 0.1) is 0 Å². The van der Waals surface area contributed by atoms with Gasteiger partial charge in [0.1, 0.15) is 21.8 Å². The van der Waals surface area contributed by atoms with Gasteiger partial charge < -0.3 is 0 Å². The maximum atomic E-state index is 12.7. The first-order chi connectivity index (χ1) is 7.65. The molecule has 0 aliphatic carbocycles. The number of anilines is 1. The highest BCUT2D eigenvalue weighted by Crippen LogP contribution is 2.31. The molecule has 0 bridgehead atoms. The van der Waals surface area contributed by atoms with Gasteiger partial charge in [0, 0.05) is 11.1 Å². The molecule has 0 saturated carbocycles. The van der Waals surface area contributed by atoms with E-state index in [-0.39, 0.29) is 5.82 Å². The van der Waals surface area contributed by atoms with E-state index < -0.39 is 11.0 Å². The van der Waals surface area contributed by atoms with E-state index in [2.05, 4.69) is 4.72 Å². The molecule has 2 nitrogen and oxygen atoms in total. The summed E-state index contributed by atoms with van der Waals surface area (Å²) in [5.41, 5.74) is 0.960. The van der Waals surface area contributed by atoms with Crippen LogP contribution in [0.5, 0.6) is 0 Å². The van der Waals surface area contributed by atoms with Crippen LogP contribution in [0.2, 0.25) is 0 Å². The van der Waals surface area contributed by atoms with Crippen molar-refractivity contribution in [1.29, 1.82) is 0 Å². The quantitative estimate of drug-likeness (QED) is 0.896. The summed E-state index contributed by atoms with van der Waals surface area (Å²) < 4.78 is 26.5. The molecule has 0 aliphatic heterocycles. The van der Waals surface area contributed by atoms with Crippen molar-refractivity contribution in [1.82, 2.24) is 0 Å². The van der Waals surface area contributed by atoms with Gasteiger partial charge in [-0.05, 0) is 29.8 Å². The van der Waals surface area contributed by atoms with Gasteiger partial charge in [-0.1, -0.05) is 12.1 Å². The van der Waals surface area contributed by atoms with Gasteiger partial charge >= 0.3 is 0 Å². The Morgan fingerprint density at radius 3 is 2.50 bits per heavy atom. The fraction of sp³-hybridized carbons (Fsp3) is 0.0909. The topological polar surface area (TPSA) is 29.1 Å². The summed E-state index contributed by atoms with van der Waals surface area (Å²) in [5, 5.41) is 0.847. The van der Waals surface area contributed by atoms with Gasteiger partial charge in [0.15, 0.2) is 0 Å². The number of thiophene rings is 1. The summed E-state index contributed by atoms with van der Waals surface area (Å²) in [6.45, 7) is 0. The fourth-order valence-corrected chi connectivity index (χ4v) is 2.94. The Bertz CT molecular complexity index is 507. The number of halogens is 1. The molecule has 1 heterocycles. The second kappa shape index (κ2) is 4.76. The SMILES string of the molecule is CS(=O)Nc1ccc(-c2ccc(F)cc2)s1. The van der Waals surface area contributed by atoms with Gasteiger partial charge in [0.25, 0.3) is 0 Å². The Hall–Kier alpha value is -1.20. The molecule has 1 aromatic carbocycles. The van der Waals surface area contributed by atoms with Crippen molar-refractivity contribution in [2.45, 2.75) is 0 Å². The molecule has 2 rings (SSSR count). The predicted molar refractivity (Wildman–Crippen MR) is 67.4 cm³/mol. The van der Waals surface area contributed by atoms with Gasteiger partial charge in [0.2, 0.25) is 0 Å². The average Bonchev–Trinajstić information content (AvgIpc) is 2.66. The van der Waals surface area contributed by atoms with Gasteiger partial charge in [-0.2, -0.15) is 0 Å². The lowest BCUT2D eigenvalue weighted by Gasteiger charge is -1.97. The van der Waals surface area contributed by atoms with Crippen LogP contribution in [-0.2, 0) is 11.0 Å². The molecule has 16 heavy (non-hydrogen) atoms. The van der Waals surface area contributed by atoms with Crippen molar-refractivity contribution in [3.63, 3.8) is 0 Å². The fourth-order valence-electron chi connectivity index (χ4n) is 1.30. The van der Waals surface area contributed by atoms with Crippen LogP contribution in [0.4, 0.5) is 9.39 Å². The van der Waals surface area contributed by atoms with Crippen LogP contribution in [0.15, 0.2) is 36.4 Å². The van der Waals surface area contributed by atoms with Crippen molar-refractivity contribution < 1.29 is 8.60 Å². The molecule has 1 N–H and O–H groups in total. The largest absolute Gasteiger partial charge is 0.297 e. The predicted octanol–water partition coefficient (Wildman–Crippen LogP) is 3.26. The monoisotopic (exact) mass is 255 g/mol. The lowest BCUT2D eigenvalue weighted by Crippen LogP contribution is -1.98. The van der Waals surface area contributed by atoms with Crippen LogP contribution in [0, 0.1) is 5.82 Å². The van der Waals surface area contributed by atoms with E-state index in [0.717, 1.165) is 15.4 Å². The third kappa shape index (κ3) is 2.68. The first-order valence-electron chi connectivity index (χ1n) is 4.61. The highest BCUT2D eigenvalue weighted by atomic mass is 32.2. The third-order valence-corrected chi connectivity index (χ3v) is 3.67. The highest BCUT2D eigenvalue weighted by Gasteiger charge is 2.03. The molecule has 0 fully saturated rings. The first-order valence-corrected chi connectivity index (χ1v) is 6.98. The third-order valence-electron chi connectivity index (χ3n) is 1.98. The van der Waals surface area contributed by atoms with Gasteiger partial charge in [-0.3, -0.25) is 4.72 Å². The zero-order valence-corrected chi connectivity index (χ0v) is 10.2. The Morgan fingerprint density at radius 1 is 1.19 bits per heavy atom. The van der Waals surface area contributed by atoms with E-state index in [1.807, 2.05) is 12.1 Å². The Morgan fingerprint density at radius 2 is 1.88 bits per heavy atom. The molecule has 1 atom stereocenters. The molecule has 0 radical (unpaired) electrons. The van der Waals surface area contributed by atoms with Gasteiger partial charge in [-0.25, -0.2) is 8.60 Å². The number of hydrogen-bond donors (Lipinski definition) is 1. The van der Waals surface area contributed by atoms with E-state index in [9.17, 15) is 8.60 Å². The smallest absolute Gasteiger partial charge is 0.123 e. The van der Waals surface area contributed by atoms with Crippen LogP contribution in [0.1, 0.15) is 0 Å². The van der Waals surface area contributed by atoms with Crippen molar-refractivity contribution in [3.8, 4) is 10.4 Å². The van der Waals surface area contributed by atoms with Crippen LogP contribution in [-0.4, -0.2) is 10.5 Å². The maximum absolute atomic E-state index is 12.7. The first kappa shape index (κ1) is 11.3. The van der Waals surface area contributed by atoms with Crippen molar-refractivity contribution in [2.24, 2.45) is 0 Å². The van der Waals surface area contributed by atoms with E-state index in [1.165, 1.54) is 23.5 Å². The molecule has 84 valence electrons. The normalized spacial score (nSPS) is 12.4. The minimum absolute atomic E-state index is 0.242. The van der Waals surface area contributed by atoms with Crippen LogP contribution >= 0.6 is 11.3 Å². The van der Waals surface area contributed by atoms with Crippen LogP contribution in [0.3, 0.4) is 0 Å². The van der Waals surface area contributed by atoms with E-state index >= 15 is 0 Å². The number of rotatable bonds is 3. The molecule has 0 aliphatic rings. The Balaban J connectivity index is 2.24. The van der Waals surface area contributed by atoms with E-state index in [4.69, 9.17) is 0 Å². The average molecular weight is 255 g/mol. The molecule has 0 amide bonds. The van der Waals surface area contributed by atoms with Crippen LogP contribution in [0.25, 0.3) is 10.4 Å². The number of benzene rings is 1. The van der Waals surface area contributed by atoms with Gasteiger partial charge in [-0.15, -0.1) is 11.3 Å². The molecule has 1 unspecified atom stereocenters. The van der Waals surface area contributed by atoms with E-state index in [0.29, 0.717) is 0 Å². The molecule has 5 heteroatoms. The zero-order chi connectivity index (χ0) is 11.5. The molecular formula is C11H10FNOS2. The van der Waals surface area contributed by atoms with Crippen LogP contribution < -0.4 is 4.72 Å². The summed E-state index contributed by atoms with van der Waals surface area (Å²) in [7, 11) is -1.06. The number of hydrogen-bond acceptors (Lipinski definition) is 2. The zero-order valence-electron chi connectivity index (χ0n) is 8.57. The summed E-state index contributed by atoms with van der Waals surface area (Å²) in [4.78, 5) is 1.02. The lowest BCUT2D eigenvalue weighted by molar-refractivity contribution is 0.628. The number of nitrogens with one attached hydrogen (secondary N) is 1. The standard InChI is InChI=1S/C11H10FNOS2/c1-16(14)13-11-7-6-10(15-11)8-2-4-9(12)5-3-8/h2-7,13H,1H3. The maximum Gasteiger partial charge on any atom is 0.123 e. The molecule has 0 saturated heterocycles. The lowest BCUT2D eigenvalue weighted by atomic mass is 10.2. The Labute approximate surface area is 99.7 Å². The van der Waals surface area contributed by atoms with Crippen molar-refractivity contribution in [2.75, 3.05) is 11.0 Å². The van der Waals surface area contributed by atoms with E-state index in [1.54, 1.807) is 18.4 Å². The highest BCUT2D eigenvalue weighted by molar-refractivity contribution is 7.85. The molecule has 1 aromatic heterocycles. The Kier molecular flexibility index (Phi) is 3.36. The minimum Gasteiger partial charge on any atom is -0.297 e. The second-order valence-corrected chi connectivity index (χ2v) is 5.42. The molecule has 2 aromatic rings. The molecular weight excluding hydrogens is 245 g/mol. The summed E-state index contributed by atoms with van der Waals surface area (Å²) in [6, 6.07) is 10.1. The summed E-state index contributed by atoms with van der Waals surface area (Å²) in [5.74, 6) is -0.242. The van der Waals surface area contributed by atoms with Crippen molar-refractivity contribution >= 4 is 27.3 Å². The second-order valence-electron chi connectivity index (χ2n) is 3.23.